The maximum Gasteiger partial charge on any atom is 0.240 e. The van der Waals surface area contributed by atoms with Crippen LogP contribution in [0.2, 0.25) is 10.0 Å². The summed E-state index contributed by atoms with van der Waals surface area (Å²) in [5.74, 6) is 0. The molecule has 108 valence electrons. The van der Waals surface area contributed by atoms with Gasteiger partial charge in [0, 0.05) is 22.6 Å². The van der Waals surface area contributed by atoms with Crippen molar-refractivity contribution in [3.05, 3.63) is 28.2 Å². The third kappa shape index (κ3) is 4.77. The smallest absolute Gasteiger partial charge is 0.240 e. The van der Waals surface area contributed by atoms with E-state index in [2.05, 4.69) is 10.0 Å². The number of hydrogen-bond acceptors (Lipinski definition) is 3. The quantitative estimate of drug-likeness (QED) is 0.881. The van der Waals surface area contributed by atoms with Crippen LogP contribution in [0, 0.1) is 0 Å². The van der Waals surface area contributed by atoms with Crippen molar-refractivity contribution >= 4 is 45.6 Å². The second-order valence-corrected chi connectivity index (χ2v) is 6.89. The van der Waals surface area contributed by atoms with Crippen LogP contribution < -0.4 is 10.0 Å². The van der Waals surface area contributed by atoms with E-state index in [-0.39, 0.29) is 23.3 Å². The van der Waals surface area contributed by atoms with Gasteiger partial charge >= 0.3 is 0 Å². The first-order chi connectivity index (χ1) is 8.47. The van der Waals surface area contributed by atoms with E-state index in [0.717, 1.165) is 19.4 Å². The molecule has 8 heteroatoms. The first kappa shape index (κ1) is 17.0. The largest absolute Gasteiger partial charge is 0.313 e. The van der Waals surface area contributed by atoms with Gasteiger partial charge in [0.05, 0.1) is 4.90 Å². The third-order valence-corrected chi connectivity index (χ3v) is 4.67. The third-order valence-electron chi connectivity index (χ3n) is 2.83. The summed E-state index contributed by atoms with van der Waals surface area (Å²) >= 11 is 11.6. The van der Waals surface area contributed by atoms with E-state index in [1.807, 2.05) is 0 Å². The minimum atomic E-state index is -3.55. The number of halogens is 3. The molecule has 1 aliphatic heterocycles. The molecule has 0 radical (unpaired) electrons. The summed E-state index contributed by atoms with van der Waals surface area (Å²) in [5, 5.41) is 3.84. The summed E-state index contributed by atoms with van der Waals surface area (Å²) in [6, 6.07) is 4.48. The van der Waals surface area contributed by atoms with Crippen molar-refractivity contribution in [3.63, 3.8) is 0 Å². The summed E-state index contributed by atoms with van der Waals surface area (Å²) in [7, 11) is -3.55. The highest BCUT2D eigenvalue weighted by atomic mass is 35.5. The molecule has 0 aliphatic carbocycles. The second-order valence-electron chi connectivity index (χ2n) is 4.25. The SMILES string of the molecule is Cl.O=S(=O)(NCC1CCCN1)c1cc(Cl)cc(Cl)c1. The van der Waals surface area contributed by atoms with Crippen molar-refractivity contribution in [2.75, 3.05) is 13.1 Å². The van der Waals surface area contributed by atoms with Gasteiger partial charge in [-0.3, -0.25) is 0 Å². The van der Waals surface area contributed by atoms with Crippen LogP contribution in [0.25, 0.3) is 0 Å². The standard InChI is InChI=1S/C11H14Cl2N2O2S.ClH/c12-8-4-9(13)6-11(5-8)18(16,17)15-7-10-2-1-3-14-10;/h4-6,10,14-15H,1-3,7H2;1H. The molecule has 2 rings (SSSR count). The molecule has 1 heterocycles. The van der Waals surface area contributed by atoms with Crippen LogP contribution in [0.3, 0.4) is 0 Å². The van der Waals surface area contributed by atoms with Crippen LogP contribution in [-0.4, -0.2) is 27.5 Å². The van der Waals surface area contributed by atoms with Crippen LogP contribution in [0.1, 0.15) is 12.8 Å². The van der Waals surface area contributed by atoms with Crippen molar-refractivity contribution in [2.24, 2.45) is 0 Å². The fraction of sp³-hybridized carbons (Fsp3) is 0.455. The van der Waals surface area contributed by atoms with E-state index < -0.39 is 10.0 Å². The average Bonchev–Trinajstić information content (AvgIpc) is 2.78. The molecule has 0 spiro atoms. The Hall–Kier alpha value is -0.0400. The van der Waals surface area contributed by atoms with Crippen LogP contribution >= 0.6 is 35.6 Å². The number of nitrogens with one attached hydrogen (secondary N) is 2. The van der Waals surface area contributed by atoms with Gasteiger partial charge in [0.2, 0.25) is 10.0 Å². The molecular formula is C11H15Cl3N2O2S. The van der Waals surface area contributed by atoms with Crippen molar-refractivity contribution in [2.45, 2.75) is 23.8 Å². The first-order valence-corrected chi connectivity index (χ1v) is 7.90. The lowest BCUT2D eigenvalue weighted by Gasteiger charge is -2.12. The summed E-state index contributed by atoms with van der Waals surface area (Å²) in [5.41, 5.74) is 0. The van der Waals surface area contributed by atoms with Gasteiger partial charge in [-0.25, -0.2) is 13.1 Å². The molecule has 19 heavy (non-hydrogen) atoms. The van der Waals surface area contributed by atoms with Gasteiger partial charge in [-0.05, 0) is 37.6 Å². The molecule has 0 bridgehead atoms. The zero-order chi connectivity index (χ0) is 13.2. The Bertz CT molecular complexity index is 510. The minimum Gasteiger partial charge on any atom is -0.313 e. The molecule has 1 aromatic rings. The van der Waals surface area contributed by atoms with Crippen LogP contribution in [0.5, 0.6) is 0 Å². The monoisotopic (exact) mass is 344 g/mol. The average molecular weight is 346 g/mol. The minimum absolute atomic E-state index is 0. The Morgan fingerprint density at radius 1 is 1.26 bits per heavy atom. The molecule has 0 saturated carbocycles. The highest BCUT2D eigenvalue weighted by molar-refractivity contribution is 7.89. The maximum absolute atomic E-state index is 12.0. The number of benzene rings is 1. The Morgan fingerprint density at radius 2 is 1.89 bits per heavy atom. The van der Waals surface area contributed by atoms with Crippen LogP contribution in [0.4, 0.5) is 0 Å². The highest BCUT2D eigenvalue weighted by Crippen LogP contribution is 2.22. The predicted octanol–water partition coefficient (Wildman–Crippen LogP) is 2.45. The molecule has 1 fully saturated rings. The molecule has 1 saturated heterocycles. The molecule has 4 nitrogen and oxygen atoms in total. The number of rotatable bonds is 4. The number of hydrogen-bond donors (Lipinski definition) is 2. The van der Waals surface area contributed by atoms with Gasteiger partial charge in [-0.1, -0.05) is 23.2 Å². The molecule has 1 aromatic carbocycles. The normalized spacial score (nSPS) is 19.2. The van der Waals surface area contributed by atoms with Crippen molar-refractivity contribution < 1.29 is 8.42 Å². The molecule has 0 aromatic heterocycles. The second kappa shape index (κ2) is 7.11. The van der Waals surface area contributed by atoms with E-state index in [4.69, 9.17) is 23.2 Å². The Labute approximate surface area is 129 Å². The highest BCUT2D eigenvalue weighted by Gasteiger charge is 2.19. The molecule has 1 atom stereocenters. The van der Waals surface area contributed by atoms with E-state index in [1.165, 1.54) is 18.2 Å². The predicted molar refractivity (Wildman–Crippen MR) is 79.9 cm³/mol. The molecule has 2 N–H and O–H groups in total. The molecule has 1 aliphatic rings. The van der Waals surface area contributed by atoms with Gasteiger partial charge in [-0.2, -0.15) is 0 Å². The van der Waals surface area contributed by atoms with E-state index in [9.17, 15) is 8.42 Å². The maximum atomic E-state index is 12.0. The van der Waals surface area contributed by atoms with E-state index in [1.54, 1.807) is 0 Å². The summed E-state index contributed by atoms with van der Waals surface area (Å²) in [6.07, 6.45) is 2.06. The van der Waals surface area contributed by atoms with Crippen LogP contribution in [-0.2, 0) is 10.0 Å². The molecule has 0 amide bonds. The van der Waals surface area contributed by atoms with Gasteiger partial charge in [0.15, 0.2) is 0 Å². The lowest BCUT2D eigenvalue weighted by Crippen LogP contribution is -2.37. The van der Waals surface area contributed by atoms with Crippen LogP contribution in [0.15, 0.2) is 23.1 Å². The summed E-state index contributed by atoms with van der Waals surface area (Å²) < 4.78 is 26.6. The fourth-order valence-corrected chi connectivity index (χ4v) is 3.72. The zero-order valence-electron chi connectivity index (χ0n) is 10.0. The lowest BCUT2D eigenvalue weighted by molar-refractivity contribution is 0.552. The Morgan fingerprint density at radius 3 is 2.42 bits per heavy atom. The van der Waals surface area contributed by atoms with E-state index >= 15 is 0 Å². The van der Waals surface area contributed by atoms with Crippen molar-refractivity contribution in [1.82, 2.24) is 10.0 Å². The van der Waals surface area contributed by atoms with E-state index in [0.29, 0.717) is 16.6 Å². The topological polar surface area (TPSA) is 58.2 Å². The summed E-state index contributed by atoms with van der Waals surface area (Å²) in [6.45, 7) is 1.32. The first-order valence-electron chi connectivity index (χ1n) is 5.66. The summed E-state index contributed by atoms with van der Waals surface area (Å²) in [4.78, 5) is 0.0954. The lowest BCUT2D eigenvalue weighted by atomic mass is 10.2. The van der Waals surface area contributed by atoms with Crippen molar-refractivity contribution in [1.29, 1.82) is 0 Å². The van der Waals surface area contributed by atoms with Gasteiger partial charge < -0.3 is 5.32 Å². The molecular weight excluding hydrogens is 331 g/mol. The van der Waals surface area contributed by atoms with Gasteiger partial charge in [0.25, 0.3) is 0 Å². The fourth-order valence-electron chi connectivity index (χ4n) is 1.91. The number of sulfonamides is 1. The Kier molecular flexibility index (Phi) is 6.36. The van der Waals surface area contributed by atoms with Gasteiger partial charge in [-0.15, -0.1) is 12.4 Å². The van der Waals surface area contributed by atoms with Gasteiger partial charge in [0.1, 0.15) is 0 Å². The molecule has 1 unspecified atom stereocenters. The zero-order valence-corrected chi connectivity index (χ0v) is 13.2. The Balaban J connectivity index is 0.00000180. The van der Waals surface area contributed by atoms with Crippen molar-refractivity contribution in [3.8, 4) is 0 Å².